The van der Waals surface area contributed by atoms with Crippen LogP contribution in [0.5, 0.6) is 5.75 Å². The maximum absolute atomic E-state index is 12.6. The summed E-state index contributed by atoms with van der Waals surface area (Å²) in [6, 6.07) is 7.65. The van der Waals surface area contributed by atoms with Gasteiger partial charge >= 0.3 is 6.03 Å². The number of hydrogen-bond donors (Lipinski definition) is 1. The molecule has 1 aliphatic carbocycles. The molecule has 2 atom stereocenters. The van der Waals surface area contributed by atoms with Crippen molar-refractivity contribution >= 4 is 11.7 Å². The molecule has 0 spiro atoms. The first-order valence-corrected chi connectivity index (χ1v) is 8.55. The van der Waals surface area contributed by atoms with E-state index < -0.39 is 0 Å². The van der Waals surface area contributed by atoms with Crippen LogP contribution in [0.15, 0.2) is 24.3 Å². The van der Waals surface area contributed by atoms with E-state index in [1.165, 1.54) is 25.7 Å². The first-order valence-electron chi connectivity index (χ1n) is 8.55. The molecule has 4 heteroatoms. The Labute approximate surface area is 132 Å². The Morgan fingerprint density at radius 2 is 2.00 bits per heavy atom. The Hall–Kier alpha value is -1.71. The molecule has 2 amide bonds. The van der Waals surface area contributed by atoms with Gasteiger partial charge in [0.15, 0.2) is 0 Å². The van der Waals surface area contributed by atoms with Crippen LogP contribution in [0.3, 0.4) is 0 Å². The summed E-state index contributed by atoms with van der Waals surface area (Å²) < 4.78 is 5.58. The van der Waals surface area contributed by atoms with Gasteiger partial charge < -0.3 is 15.0 Å². The Morgan fingerprint density at radius 3 is 2.82 bits per heavy atom. The molecule has 22 heavy (non-hydrogen) atoms. The Morgan fingerprint density at radius 1 is 1.23 bits per heavy atom. The number of amides is 2. The Balaban J connectivity index is 1.62. The highest BCUT2D eigenvalue weighted by Crippen LogP contribution is 2.36. The van der Waals surface area contributed by atoms with Gasteiger partial charge in [0.1, 0.15) is 5.75 Å². The first-order chi connectivity index (χ1) is 10.8. The van der Waals surface area contributed by atoms with Crippen LogP contribution >= 0.6 is 0 Å². The lowest BCUT2D eigenvalue weighted by Gasteiger charge is -2.41. The molecule has 120 valence electrons. The van der Waals surface area contributed by atoms with Gasteiger partial charge in [-0.3, -0.25) is 0 Å². The number of likely N-dealkylation sites (tertiary alicyclic amines) is 1. The number of nitrogens with one attached hydrogen (secondary N) is 1. The highest BCUT2D eigenvalue weighted by atomic mass is 16.5. The maximum atomic E-state index is 12.6. The van der Waals surface area contributed by atoms with Crippen LogP contribution in [-0.2, 0) is 0 Å². The number of hydrogen-bond acceptors (Lipinski definition) is 2. The molecule has 1 saturated carbocycles. The van der Waals surface area contributed by atoms with E-state index in [0.717, 1.165) is 36.9 Å². The van der Waals surface area contributed by atoms with Crippen molar-refractivity contribution in [3.8, 4) is 5.75 Å². The molecular weight excluding hydrogens is 276 g/mol. The Kier molecular flexibility index (Phi) is 4.86. The number of ether oxygens (including phenoxy) is 1. The van der Waals surface area contributed by atoms with Crippen molar-refractivity contribution in [2.24, 2.45) is 11.8 Å². The van der Waals surface area contributed by atoms with Crippen molar-refractivity contribution in [1.29, 1.82) is 0 Å². The van der Waals surface area contributed by atoms with Gasteiger partial charge in [-0.1, -0.05) is 31.4 Å². The summed E-state index contributed by atoms with van der Waals surface area (Å²) in [5, 5.41) is 3.02. The number of nitrogens with zero attached hydrogens (tertiary/aromatic N) is 1. The smallest absolute Gasteiger partial charge is 0.321 e. The monoisotopic (exact) mass is 302 g/mol. The summed E-state index contributed by atoms with van der Waals surface area (Å²) in [5.41, 5.74) is 0.764. The van der Waals surface area contributed by atoms with Crippen molar-refractivity contribution < 1.29 is 9.53 Å². The van der Waals surface area contributed by atoms with Gasteiger partial charge in [-0.25, -0.2) is 4.79 Å². The number of carbonyl (C=O) groups is 1. The third-order valence-electron chi connectivity index (χ3n) is 5.01. The lowest BCUT2D eigenvalue weighted by atomic mass is 9.75. The lowest BCUT2D eigenvalue weighted by molar-refractivity contribution is 0.108. The molecule has 0 bridgehead atoms. The minimum Gasteiger partial charge on any atom is -0.492 e. The summed E-state index contributed by atoms with van der Waals surface area (Å²) in [5.74, 6) is 2.29. The fraction of sp³-hybridized carbons (Fsp3) is 0.611. The highest BCUT2D eigenvalue weighted by Gasteiger charge is 2.33. The number of piperidine rings is 1. The summed E-state index contributed by atoms with van der Waals surface area (Å²) in [4.78, 5) is 14.5. The molecule has 1 saturated heterocycles. The van der Waals surface area contributed by atoms with E-state index in [2.05, 4.69) is 5.32 Å². The van der Waals surface area contributed by atoms with Crippen molar-refractivity contribution in [3.63, 3.8) is 0 Å². The Bertz CT molecular complexity index is 518. The molecule has 0 radical (unpaired) electrons. The van der Waals surface area contributed by atoms with Crippen LogP contribution in [0.4, 0.5) is 10.5 Å². The van der Waals surface area contributed by atoms with Crippen LogP contribution in [0.1, 0.15) is 39.0 Å². The van der Waals surface area contributed by atoms with E-state index in [0.29, 0.717) is 12.5 Å². The van der Waals surface area contributed by atoms with Crippen LogP contribution in [0.25, 0.3) is 0 Å². The van der Waals surface area contributed by atoms with Gasteiger partial charge in [0.2, 0.25) is 0 Å². The largest absolute Gasteiger partial charge is 0.492 e. The van der Waals surface area contributed by atoms with Crippen LogP contribution < -0.4 is 10.1 Å². The molecule has 1 N–H and O–H groups in total. The van der Waals surface area contributed by atoms with E-state index in [1.807, 2.05) is 36.1 Å². The minimum atomic E-state index is 0.0103. The predicted molar refractivity (Wildman–Crippen MR) is 88.3 cm³/mol. The maximum Gasteiger partial charge on any atom is 0.321 e. The van der Waals surface area contributed by atoms with Crippen molar-refractivity contribution in [2.75, 3.05) is 25.0 Å². The fourth-order valence-electron chi connectivity index (χ4n) is 3.83. The van der Waals surface area contributed by atoms with Gasteiger partial charge in [0.05, 0.1) is 12.3 Å². The molecule has 2 fully saturated rings. The summed E-state index contributed by atoms with van der Waals surface area (Å²) in [7, 11) is 0. The van der Waals surface area contributed by atoms with Crippen molar-refractivity contribution in [3.05, 3.63) is 24.3 Å². The average molecular weight is 302 g/mol. The topological polar surface area (TPSA) is 41.6 Å². The molecule has 1 aromatic rings. The number of rotatable bonds is 3. The van der Waals surface area contributed by atoms with Crippen LogP contribution in [0.2, 0.25) is 0 Å². The van der Waals surface area contributed by atoms with Crippen LogP contribution in [0, 0.1) is 11.8 Å². The highest BCUT2D eigenvalue weighted by molar-refractivity contribution is 5.91. The minimum absolute atomic E-state index is 0.0103. The lowest BCUT2D eigenvalue weighted by Crippen LogP contribution is -2.46. The molecule has 3 rings (SSSR count). The third-order valence-corrected chi connectivity index (χ3v) is 5.01. The molecule has 0 aromatic heterocycles. The number of benzene rings is 1. The zero-order valence-corrected chi connectivity index (χ0v) is 13.4. The quantitative estimate of drug-likeness (QED) is 0.912. The van der Waals surface area contributed by atoms with E-state index in [4.69, 9.17) is 4.74 Å². The third kappa shape index (κ3) is 3.37. The fourth-order valence-corrected chi connectivity index (χ4v) is 3.83. The van der Waals surface area contributed by atoms with E-state index in [-0.39, 0.29) is 6.03 Å². The molecule has 1 aromatic carbocycles. The molecule has 2 unspecified atom stereocenters. The predicted octanol–water partition coefficient (Wildman–Crippen LogP) is 4.13. The van der Waals surface area contributed by atoms with Gasteiger partial charge in [0.25, 0.3) is 0 Å². The van der Waals surface area contributed by atoms with Crippen molar-refractivity contribution in [2.45, 2.75) is 39.0 Å². The van der Waals surface area contributed by atoms with Gasteiger partial charge in [-0.2, -0.15) is 0 Å². The second kappa shape index (κ2) is 7.03. The van der Waals surface area contributed by atoms with E-state index >= 15 is 0 Å². The molecule has 1 aliphatic heterocycles. The second-order valence-electron chi connectivity index (χ2n) is 6.40. The number of para-hydroxylation sites is 2. The number of fused-ring (bicyclic) bond motifs is 1. The zero-order chi connectivity index (χ0) is 15.4. The zero-order valence-electron chi connectivity index (χ0n) is 13.4. The van der Waals surface area contributed by atoms with Gasteiger partial charge in [-0.15, -0.1) is 0 Å². The van der Waals surface area contributed by atoms with Crippen LogP contribution in [-0.4, -0.2) is 30.6 Å². The average Bonchev–Trinajstić information content (AvgIpc) is 2.56. The number of urea groups is 1. The molecule has 4 nitrogen and oxygen atoms in total. The van der Waals surface area contributed by atoms with Crippen molar-refractivity contribution in [1.82, 2.24) is 4.90 Å². The van der Waals surface area contributed by atoms with Gasteiger partial charge in [0, 0.05) is 13.1 Å². The molecule has 1 heterocycles. The summed E-state index contributed by atoms with van der Waals surface area (Å²) >= 11 is 0. The van der Waals surface area contributed by atoms with E-state index in [9.17, 15) is 4.79 Å². The molecule has 2 aliphatic rings. The summed E-state index contributed by atoms with van der Waals surface area (Å²) in [6.45, 7) is 4.34. The second-order valence-corrected chi connectivity index (χ2v) is 6.40. The summed E-state index contributed by atoms with van der Waals surface area (Å²) in [6.07, 6.45) is 6.49. The van der Waals surface area contributed by atoms with Gasteiger partial charge in [-0.05, 0) is 43.7 Å². The van der Waals surface area contributed by atoms with E-state index in [1.54, 1.807) is 0 Å². The number of anilines is 1. The standard InChI is InChI=1S/C18H26N2O2/c1-2-22-17-10-6-5-9-16(17)19-18(21)20-12-11-14-7-3-4-8-15(14)13-20/h5-6,9-10,14-15H,2-4,7-8,11-13H2,1H3,(H,19,21). The first kappa shape index (κ1) is 15.2. The SMILES string of the molecule is CCOc1ccccc1NC(=O)N1CCC2CCCCC2C1. The number of carbonyl (C=O) groups excluding carboxylic acids is 1. The normalized spacial score (nSPS) is 24.5. The molecular formula is C18H26N2O2.